The van der Waals surface area contributed by atoms with E-state index in [9.17, 15) is 14.7 Å². The topological polar surface area (TPSA) is 72.8 Å². The van der Waals surface area contributed by atoms with E-state index < -0.39 is 6.10 Å². The van der Waals surface area contributed by atoms with Gasteiger partial charge >= 0.3 is 11.9 Å². The largest absolute Gasteiger partial charge is 0.462 e. The molecule has 46 heavy (non-hydrogen) atoms. The first-order valence-corrected chi connectivity index (χ1v) is 18.8. The molecule has 0 saturated carbocycles. The third-order valence-electron chi connectivity index (χ3n) is 7.78. The van der Waals surface area contributed by atoms with Crippen LogP contribution in [-0.4, -0.2) is 36.4 Å². The lowest BCUT2D eigenvalue weighted by Gasteiger charge is -2.15. The lowest BCUT2D eigenvalue weighted by molar-refractivity contribution is -0.161. The van der Waals surface area contributed by atoms with Crippen molar-refractivity contribution in [3.63, 3.8) is 0 Å². The number of carbonyl (C=O) groups excluding carboxylic acids is 2. The zero-order valence-corrected chi connectivity index (χ0v) is 29.8. The monoisotopic (exact) mass is 643 g/mol. The predicted molar refractivity (Wildman–Crippen MR) is 196 cm³/mol. The number of carbonyl (C=O) groups is 2. The summed E-state index contributed by atoms with van der Waals surface area (Å²) in [7, 11) is 0. The number of hydrogen-bond acceptors (Lipinski definition) is 5. The molecule has 0 aromatic heterocycles. The lowest BCUT2D eigenvalue weighted by atomic mass is 10.1. The van der Waals surface area contributed by atoms with E-state index in [4.69, 9.17) is 9.47 Å². The molecule has 1 N–H and O–H groups in total. The van der Waals surface area contributed by atoms with Crippen molar-refractivity contribution >= 4 is 11.9 Å². The first-order chi connectivity index (χ1) is 22.6. The van der Waals surface area contributed by atoms with Crippen molar-refractivity contribution in [2.24, 2.45) is 0 Å². The summed E-state index contributed by atoms with van der Waals surface area (Å²) < 4.78 is 10.5. The van der Waals surface area contributed by atoms with Gasteiger partial charge in [0, 0.05) is 12.8 Å². The quantitative estimate of drug-likeness (QED) is 0.0438. The Morgan fingerprint density at radius 2 is 0.891 bits per heavy atom. The highest BCUT2D eigenvalue weighted by atomic mass is 16.6. The summed E-state index contributed by atoms with van der Waals surface area (Å²) in [6.45, 7) is 4.03. The SMILES string of the molecule is CCCCCC=CCC=CCC=CCC=CCCCC(=O)OCC(CO)OC(=O)CCCCCCCCCC=CCCCCCC. The third-order valence-corrected chi connectivity index (χ3v) is 7.78. The van der Waals surface area contributed by atoms with Crippen LogP contribution in [0.5, 0.6) is 0 Å². The van der Waals surface area contributed by atoms with Crippen LogP contribution >= 0.6 is 0 Å². The summed E-state index contributed by atoms with van der Waals surface area (Å²) in [4.78, 5) is 24.2. The minimum atomic E-state index is -0.796. The maximum atomic E-state index is 12.1. The van der Waals surface area contributed by atoms with Gasteiger partial charge in [-0.25, -0.2) is 0 Å². The van der Waals surface area contributed by atoms with Crippen molar-refractivity contribution in [1.29, 1.82) is 0 Å². The Bertz CT molecular complexity index is 823. The van der Waals surface area contributed by atoms with Crippen molar-refractivity contribution in [1.82, 2.24) is 0 Å². The van der Waals surface area contributed by atoms with Crippen LogP contribution in [0.25, 0.3) is 0 Å². The van der Waals surface area contributed by atoms with Gasteiger partial charge in [-0.1, -0.05) is 139 Å². The van der Waals surface area contributed by atoms with Gasteiger partial charge in [0.1, 0.15) is 6.61 Å². The minimum Gasteiger partial charge on any atom is -0.462 e. The standard InChI is InChI=1S/C41H70O5/c1-3-5-7-9-11-13-15-17-19-20-22-23-25-27-29-31-33-35-40(43)45-38-39(37-42)46-41(44)36-34-32-30-28-26-24-21-18-16-14-12-10-8-6-4-2/h11,13-14,16-17,19,22-23,27,29,39,42H,3-10,12,15,18,20-21,24-26,28,30-38H2,1-2H3. The van der Waals surface area contributed by atoms with E-state index in [0.29, 0.717) is 19.3 Å². The molecule has 0 aliphatic heterocycles. The molecule has 0 amide bonds. The molecule has 0 aromatic rings. The van der Waals surface area contributed by atoms with E-state index in [1.54, 1.807) is 0 Å². The molecule has 0 fully saturated rings. The average Bonchev–Trinajstić information content (AvgIpc) is 3.06. The summed E-state index contributed by atoms with van der Waals surface area (Å²) in [5.41, 5.74) is 0. The Labute approximate surface area is 283 Å². The zero-order chi connectivity index (χ0) is 33.6. The summed E-state index contributed by atoms with van der Waals surface area (Å²) in [5.74, 6) is -0.666. The van der Waals surface area contributed by atoms with E-state index in [1.807, 2.05) is 0 Å². The lowest BCUT2D eigenvalue weighted by Crippen LogP contribution is -2.28. The van der Waals surface area contributed by atoms with Crippen LogP contribution in [0.4, 0.5) is 0 Å². The Hall–Kier alpha value is -2.40. The first kappa shape index (κ1) is 43.6. The summed E-state index contributed by atoms with van der Waals surface area (Å²) in [6.07, 6.45) is 47.0. The predicted octanol–water partition coefficient (Wildman–Crippen LogP) is 11.6. The highest BCUT2D eigenvalue weighted by molar-refractivity contribution is 5.70. The fourth-order valence-electron chi connectivity index (χ4n) is 4.89. The molecule has 264 valence electrons. The Morgan fingerprint density at radius 3 is 1.43 bits per heavy atom. The second kappa shape index (κ2) is 37.1. The van der Waals surface area contributed by atoms with Crippen LogP contribution in [0.1, 0.15) is 168 Å². The fraction of sp³-hybridized carbons (Fsp3) is 0.707. The minimum absolute atomic E-state index is 0.0978. The van der Waals surface area contributed by atoms with Crippen LogP contribution in [0.3, 0.4) is 0 Å². The number of rotatable bonds is 33. The molecule has 1 unspecified atom stereocenters. The van der Waals surface area contributed by atoms with E-state index in [-0.39, 0.29) is 25.2 Å². The van der Waals surface area contributed by atoms with Gasteiger partial charge in [-0.05, 0) is 77.0 Å². The van der Waals surface area contributed by atoms with E-state index >= 15 is 0 Å². The van der Waals surface area contributed by atoms with Crippen LogP contribution < -0.4 is 0 Å². The highest BCUT2D eigenvalue weighted by Crippen LogP contribution is 2.12. The molecule has 0 heterocycles. The van der Waals surface area contributed by atoms with Crippen LogP contribution in [0.2, 0.25) is 0 Å². The van der Waals surface area contributed by atoms with Gasteiger partial charge in [0.15, 0.2) is 6.10 Å². The molecule has 0 radical (unpaired) electrons. The van der Waals surface area contributed by atoms with Gasteiger partial charge in [-0.15, -0.1) is 0 Å². The molecular weight excluding hydrogens is 572 g/mol. The van der Waals surface area contributed by atoms with Crippen molar-refractivity contribution in [3.05, 3.63) is 60.8 Å². The molecule has 0 aromatic carbocycles. The number of aliphatic hydroxyl groups excluding tert-OH is 1. The van der Waals surface area contributed by atoms with Crippen molar-refractivity contribution in [3.8, 4) is 0 Å². The first-order valence-electron chi connectivity index (χ1n) is 18.8. The number of aliphatic hydroxyl groups is 1. The van der Waals surface area contributed by atoms with Gasteiger partial charge in [0.25, 0.3) is 0 Å². The van der Waals surface area contributed by atoms with Crippen molar-refractivity contribution in [2.75, 3.05) is 13.2 Å². The normalized spacial score (nSPS) is 12.8. The van der Waals surface area contributed by atoms with Gasteiger partial charge < -0.3 is 14.6 Å². The van der Waals surface area contributed by atoms with E-state index in [1.165, 1.54) is 89.9 Å². The molecule has 0 saturated heterocycles. The molecular formula is C41H70O5. The zero-order valence-electron chi connectivity index (χ0n) is 29.8. The molecule has 1 atom stereocenters. The maximum absolute atomic E-state index is 12.1. The molecule has 5 nitrogen and oxygen atoms in total. The van der Waals surface area contributed by atoms with Gasteiger partial charge in [-0.3, -0.25) is 9.59 Å². The van der Waals surface area contributed by atoms with E-state index in [2.05, 4.69) is 74.6 Å². The highest BCUT2D eigenvalue weighted by Gasteiger charge is 2.16. The molecule has 0 rings (SSSR count). The number of esters is 2. The average molecular weight is 643 g/mol. The van der Waals surface area contributed by atoms with Gasteiger partial charge in [0.05, 0.1) is 6.61 Å². The van der Waals surface area contributed by atoms with Crippen LogP contribution in [-0.2, 0) is 19.1 Å². The molecule has 0 aliphatic carbocycles. The number of ether oxygens (including phenoxy) is 2. The second-order valence-corrected chi connectivity index (χ2v) is 12.3. The summed E-state index contributed by atoms with van der Waals surface area (Å²) in [6, 6.07) is 0. The number of unbranched alkanes of at least 4 members (excludes halogenated alkanes) is 15. The van der Waals surface area contributed by atoms with Crippen LogP contribution in [0.15, 0.2) is 60.8 Å². The molecule has 0 spiro atoms. The number of allylic oxidation sites excluding steroid dienone is 10. The Morgan fingerprint density at radius 1 is 0.500 bits per heavy atom. The smallest absolute Gasteiger partial charge is 0.306 e. The third kappa shape index (κ3) is 34.5. The van der Waals surface area contributed by atoms with Crippen molar-refractivity contribution < 1.29 is 24.2 Å². The Balaban J connectivity index is 3.69. The molecule has 0 aliphatic rings. The van der Waals surface area contributed by atoms with Crippen molar-refractivity contribution in [2.45, 2.75) is 174 Å². The van der Waals surface area contributed by atoms with Gasteiger partial charge in [-0.2, -0.15) is 0 Å². The second-order valence-electron chi connectivity index (χ2n) is 12.3. The van der Waals surface area contributed by atoms with E-state index in [0.717, 1.165) is 44.9 Å². The summed E-state index contributed by atoms with van der Waals surface area (Å²) in [5, 5.41) is 9.53. The Kier molecular flexibility index (Phi) is 35.1. The molecule has 5 heteroatoms. The fourth-order valence-corrected chi connectivity index (χ4v) is 4.89. The summed E-state index contributed by atoms with van der Waals surface area (Å²) >= 11 is 0. The van der Waals surface area contributed by atoms with Gasteiger partial charge in [0.2, 0.25) is 0 Å². The number of hydrogen-bond donors (Lipinski definition) is 1. The maximum Gasteiger partial charge on any atom is 0.306 e. The molecule has 0 bridgehead atoms. The van der Waals surface area contributed by atoms with Crippen LogP contribution in [0, 0.1) is 0 Å².